The number of hydrogen-bond acceptors (Lipinski definition) is 2. The molecule has 0 spiro atoms. The van der Waals surface area contributed by atoms with Crippen LogP contribution in [0.4, 0.5) is 0 Å². The molecule has 1 fully saturated rings. The van der Waals surface area contributed by atoms with E-state index in [9.17, 15) is 0 Å². The van der Waals surface area contributed by atoms with Crippen molar-refractivity contribution in [2.45, 2.75) is 26.4 Å². The highest BCUT2D eigenvalue weighted by Crippen LogP contribution is 2.47. The fourth-order valence-corrected chi connectivity index (χ4v) is 2.01. The van der Waals surface area contributed by atoms with Crippen molar-refractivity contribution in [1.29, 1.82) is 0 Å². The number of rotatable bonds is 8. The van der Waals surface area contributed by atoms with Crippen LogP contribution in [0.25, 0.3) is 0 Å². The highest BCUT2D eigenvalue weighted by atomic mass is 16.5. The van der Waals surface area contributed by atoms with Crippen LogP contribution in [0.15, 0.2) is 42.5 Å². The van der Waals surface area contributed by atoms with Crippen LogP contribution < -0.4 is 0 Å². The van der Waals surface area contributed by atoms with Crippen molar-refractivity contribution in [3.8, 4) is 11.8 Å². The average Bonchev–Trinajstić information content (AvgIpc) is 3.24. The molecule has 0 unspecified atom stereocenters. The van der Waals surface area contributed by atoms with Crippen molar-refractivity contribution in [2.24, 2.45) is 5.41 Å². The molecule has 20 heavy (non-hydrogen) atoms. The number of hydrogen-bond donors (Lipinski definition) is 0. The molecular weight excluding hydrogens is 248 g/mol. The average molecular weight is 270 g/mol. The molecule has 0 bridgehead atoms. The maximum absolute atomic E-state index is 5.83. The van der Waals surface area contributed by atoms with E-state index in [2.05, 4.69) is 36.1 Å². The van der Waals surface area contributed by atoms with Crippen LogP contribution in [-0.4, -0.2) is 19.8 Å². The van der Waals surface area contributed by atoms with Gasteiger partial charge in [0.2, 0.25) is 0 Å². The molecule has 1 aromatic rings. The van der Waals surface area contributed by atoms with Gasteiger partial charge < -0.3 is 9.47 Å². The van der Waals surface area contributed by atoms with Crippen LogP contribution in [0.3, 0.4) is 0 Å². The second-order valence-corrected chi connectivity index (χ2v) is 5.19. The Labute approximate surface area is 121 Å². The van der Waals surface area contributed by atoms with Crippen LogP contribution in [0.5, 0.6) is 0 Å². The molecule has 1 aromatic carbocycles. The monoisotopic (exact) mass is 270 g/mol. The van der Waals surface area contributed by atoms with E-state index in [1.165, 1.54) is 18.4 Å². The SMILES string of the molecule is CC#CCOC/C=C/C1(COCc2ccccc2)CC1. The van der Waals surface area contributed by atoms with E-state index in [1.807, 2.05) is 25.1 Å². The molecule has 0 aliphatic heterocycles. The van der Waals surface area contributed by atoms with Crippen molar-refractivity contribution >= 4 is 0 Å². The normalized spacial score (nSPS) is 15.8. The van der Waals surface area contributed by atoms with E-state index in [0.717, 1.165) is 6.61 Å². The minimum Gasteiger partial charge on any atom is -0.376 e. The van der Waals surface area contributed by atoms with Crippen LogP contribution in [0.1, 0.15) is 25.3 Å². The Morgan fingerprint density at radius 3 is 2.70 bits per heavy atom. The standard InChI is InChI=1S/C18H22O2/c1-2-3-13-19-14-7-10-18(11-12-18)16-20-15-17-8-5-4-6-9-17/h4-10H,11-16H2,1H3/b10-7+. The lowest BCUT2D eigenvalue weighted by Gasteiger charge is -2.11. The zero-order chi connectivity index (χ0) is 14.1. The molecule has 0 aromatic heterocycles. The van der Waals surface area contributed by atoms with E-state index in [1.54, 1.807) is 0 Å². The summed E-state index contributed by atoms with van der Waals surface area (Å²) in [4.78, 5) is 0. The topological polar surface area (TPSA) is 18.5 Å². The predicted molar refractivity (Wildman–Crippen MR) is 81.2 cm³/mol. The maximum atomic E-state index is 5.83. The van der Waals surface area contributed by atoms with Gasteiger partial charge in [0, 0.05) is 5.41 Å². The molecule has 1 aliphatic rings. The first kappa shape index (κ1) is 14.8. The number of benzene rings is 1. The summed E-state index contributed by atoms with van der Waals surface area (Å²) < 4.78 is 11.2. The highest BCUT2D eigenvalue weighted by Gasteiger charge is 2.40. The fourth-order valence-electron chi connectivity index (χ4n) is 2.01. The fraction of sp³-hybridized carbons (Fsp3) is 0.444. The Balaban J connectivity index is 1.64. The summed E-state index contributed by atoms with van der Waals surface area (Å²) in [5.74, 6) is 5.69. The zero-order valence-electron chi connectivity index (χ0n) is 12.1. The molecule has 0 heterocycles. The Bertz CT molecular complexity index is 475. The zero-order valence-corrected chi connectivity index (χ0v) is 12.1. The van der Waals surface area contributed by atoms with Gasteiger partial charge in [-0.15, -0.1) is 5.92 Å². The van der Waals surface area contributed by atoms with Gasteiger partial charge in [0.1, 0.15) is 6.61 Å². The molecule has 0 atom stereocenters. The third-order valence-electron chi connectivity index (χ3n) is 3.43. The Morgan fingerprint density at radius 1 is 1.20 bits per heavy atom. The summed E-state index contributed by atoms with van der Waals surface area (Å²) in [6, 6.07) is 10.3. The number of ether oxygens (including phenoxy) is 2. The molecule has 1 saturated carbocycles. The van der Waals surface area contributed by atoms with Gasteiger partial charge in [-0.3, -0.25) is 0 Å². The van der Waals surface area contributed by atoms with Gasteiger partial charge >= 0.3 is 0 Å². The largest absolute Gasteiger partial charge is 0.376 e. The van der Waals surface area contributed by atoms with Crippen molar-refractivity contribution in [2.75, 3.05) is 19.8 Å². The summed E-state index contributed by atoms with van der Waals surface area (Å²) in [5.41, 5.74) is 1.49. The molecule has 0 saturated heterocycles. The first-order valence-electron chi connectivity index (χ1n) is 7.11. The van der Waals surface area contributed by atoms with E-state index in [4.69, 9.17) is 9.47 Å². The maximum Gasteiger partial charge on any atom is 0.108 e. The summed E-state index contributed by atoms with van der Waals surface area (Å²) >= 11 is 0. The van der Waals surface area contributed by atoms with Gasteiger partial charge in [0.05, 0.1) is 19.8 Å². The summed E-state index contributed by atoms with van der Waals surface area (Å²) in [7, 11) is 0. The van der Waals surface area contributed by atoms with Crippen LogP contribution in [0.2, 0.25) is 0 Å². The van der Waals surface area contributed by atoms with E-state index in [0.29, 0.717) is 19.8 Å². The molecule has 1 aliphatic carbocycles. The van der Waals surface area contributed by atoms with Crippen molar-refractivity contribution in [1.82, 2.24) is 0 Å². The quantitative estimate of drug-likeness (QED) is 0.408. The van der Waals surface area contributed by atoms with Crippen molar-refractivity contribution in [3.63, 3.8) is 0 Å². The van der Waals surface area contributed by atoms with Crippen LogP contribution in [0, 0.1) is 17.3 Å². The molecule has 0 radical (unpaired) electrons. The minimum atomic E-state index is 0.259. The van der Waals surface area contributed by atoms with Gasteiger partial charge in [0.25, 0.3) is 0 Å². The van der Waals surface area contributed by atoms with Gasteiger partial charge in [-0.25, -0.2) is 0 Å². The lowest BCUT2D eigenvalue weighted by atomic mass is 10.1. The third-order valence-corrected chi connectivity index (χ3v) is 3.43. The molecule has 2 nitrogen and oxygen atoms in total. The smallest absolute Gasteiger partial charge is 0.108 e. The molecule has 0 amide bonds. The van der Waals surface area contributed by atoms with Gasteiger partial charge in [-0.1, -0.05) is 48.4 Å². The third kappa shape index (κ3) is 5.21. The molecule has 2 heteroatoms. The van der Waals surface area contributed by atoms with E-state index in [-0.39, 0.29) is 5.41 Å². The van der Waals surface area contributed by atoms with Crippen molar-refractivity contribution < 1.29 is 9.47 Å². The highest BCUT2D eigenvalue weighted by molar-refractivity contribution is 5.14. The van der Waals surface area contributed by atoms with E-state index < -0.39 is 0 Å². The molecule has 106 valence electrons. The second kappa shape index (κ2) is 7.89. The lowest BCUT2D eigenvalue weighted by Crippen LogP contribution is -2.08. The summed E-state index contributed by atoms with van der Waals surface area (Å²) in [5, 5.41) is 0. The van der Waals surface area contributed by atoms with E-state index >= 15 is 0 Å². The summed E-state index contributed by atoms with van der Waals surface area (Å²) in [6.45, 7) is 4.46. The molecule has 0 N–H and O–H groups in total. The Kier molecular flexibility index (Phi) is 5.86. The first-order valence-corrected chi connectivity index (χ1v) is 7.11. The van der Waals surface area contributed by atoms with Gasteiger partial charge in [-0.2, -0.15) is 0 Å². The Hall–Kier alpha value is -1.56. The minimum absolute atomic E-state index is 0.259. The Morgan fingerprint density at radius 2 is 2.00 bits per heavy atom. The molecular formula is C18H22O2. The van der Waals surface area contributed by atoms with Gasteiger partial charge in [0.15, 0.2) is 0 Å². The second-order valence-electron chi connectivity index (χ2n) is 5.19. The van der Waals surface area contributed by atoms with Crippen LogP contribution in [-0.2, 0) is 16.1 Å². The predicted octanol–water partition coefficient (Wildman–Crippen LogP) is 3.58. The van der Waals surface area contributed by atoms with Crippen molar-refractivity contribution in [3.05, 3.63) is 48.0 Å². The van der Waals surface area contributed by atoms with Crippen LogP contribution >= 0.6 is 0 Å². The first-order chi connectivity index (χ1) is 9.85. The van der Waals surface area contributed by atoms with Gasteiger partial charge in [-0.05, 0) is 25.3 Å². The summed E-state index contributed by atoms with van der Waals surface area (Å²) in [6.07, 6.45) is 6.77. The molecule has 2 rings (SSSR count). The lowest BCUT2D eigenvalue weighted by molar-refractivity contribution is 0.0923.